The number of pyridine rings is 4. The molecule has 0 radical (unpaired) electrons. The van der Waals surface area contributed by atoms with Gasteiger partial charge >= 0.3 is 33.4 Å². The Labute approximate surface area is 225 Å². The molecule has 0 amide bonds. The number of rotatable bonds is 4. The van der Waals surface area contributed by atoms with Crippen LogP contribution in [0.4, 0.5) is 35.1 Å². The Bertz CT molecular complexity index is 1360. The van der Waals surface area contributed by atoms with Crippen LogP contribution in [0.2, 0.25) is 0 Å². The first kappa shape index (κ1) is 29.3. The van der Waals surface area contributed by atoms with Crippen molar-refractivity contribution in [3.8, 4) is 22.5 Å². The summed E-state index contributed by atoms with van der Waals surface area (Å²) in [6.07, 6.45) is -9.69. The van der Waals surface area contributed by atoms with Gasteiger partial charge in [-0.15, -0.1) is 24.3 Å². The van der Waals surface area contributed by atoms with Crippen molar-refractivity contribution in [2.75, 3.05) is 0 Å². The van der Waals surface area contributed by atoms with Crippen molar-refractivity contribution in [1.82, 2.24) is 19.9 Å². The maximum Gasteiger partial charge on any atom is 2.00 e. The number of alkyl halides is 6. The first-order valence-electron chi connectivity index (χ1n) is 10.4. The van der Waals surface area contributed by atoms with Crippen molar-refractivity contribution >= 4 is 0 Å². The van der Waals surface area contributed by atoms with Crippen molar-refractivity contribution in [3.05, 3.63) is 95.3 Å². The SMILES string of the molecule is CC(C)(c1cccc(-c2[c-]cc(C(F)(F)F)nc2F)n1)c1cccc(-c2[c-]cc(C(F)(F)F)nc2F)n1.[Pt+2]. The smallest absolute Gasteiger partial charge is 0.313 e. The standard InChI is InChI=1S/C25H14F8N4.Pt/c1-23(2,17-7-3-5-15(34-17)13-9-11-19(24(28,29)30)36-21(13)26)18-8-4-6-16(35-18)14-10-12-20(25(31,32)33)37-22(14)27;/h3-8,11-12H,1-2H3;/q-2;+2. The molecule has 4 aromatic heterocycles. The number of aromatic nitrogens is 4. The molecule has 4 nitrogen and oxygen atoms in total. The fourth-order valence-electron chi connectivity index (χ4n) is 3.41. The molecule has 0 bridgehead atoms. The number of halogens is 8. The van der Waals surface area contributed by atoms with Crippen LogP contribution in [0.25, 0.3) is 22.5 Å². The Morgan fingerprint density at radius 1 is 0.579 bits per heavy atom. The zero-order chi connectivity index (χ0) is 27.2. The van der Waals surface area contributed by atoms with Crippen LogP contribution < -0.4 is 0 Å². The molecule has 0 unspecified atom stereocenters. The Hall–Kier alpha value is -3.27. The summed E-state index contributed by atoms with van der Waals surface area (Å²) in [5.74, 6) is -2.81. The molecule has 0 spiro atoms. The van der Waals surface area contributed by atoms with Gasteiger partial charge in [-0.25, -0.2) is 8.78 Å². The molecule has 0 aliphatic rings. The van der Waals surface area contributed by atoms with Crippen LogP contribution in [0.1, 0.15) is 36.6 Å². The third-order valence-corrected chi connectivity index (χ3v) is 5.43. The predicted octanol–water partition coefficient (Wildman–Crippen LogP) is 6.84. The molecule has 0 aromatic carbocycles. The summed E-state index contributed by atoms with van der Waals surface area (Å²) in [5, 5.41) is 0. The molecule has 13 heteroatoms. The van der Waals surface area contributed by atoms with Gasteiger partial charge in [0.1, 0.15) is 11.9 Å². The van der Waals surface area contributed by atoms with Crippen molar-refractivity contribution in [1.29, 1.82) is 0 Å². The van der Waals surface area contributed by atoms with Crippen LogP contribution in [0.5, 0.6) is 0 Å². The van der Waals surface area contributed by atoms with E-state index in [2.05, 4.69) is 32.1 Å². The normalized spacial score (nSPS) is 12.3. The van der Waals surface area contributed by atoms with E-state index in [0.29, 0.717) is 23.5 Å². The second-order valence-corrected chi connectivity index (χ2v) is 8.34. The molecule has 0 aliphatic heterocycles. The van der Waals surface area contributed by atoms with Gasteiger partial charge in [-0.3, -0.25) is 0 Å². The zero-order valence-electron chi connectivity index (χ0n) is 19.2. The molecule has 4 heterocycles. The van der Waals surface area contributed by atoms with E-state index in [1.807, 2.05) is 0 Å². The van der Waals surface area contributed by atoms with E-state index in [4.69, 9.17) is 0 Å². The molecule has 4 aromatic rings. The number of hydrogen-bond donors (Lipinski definition) is 0. The van der Waals surface area contributed by atoms with Crippen molar-refractivity contribution in [2.45, 2.75) is 31.6 Å². The Balaban J connectivity index is 0.00000400. The van der Waals surface area contributed by atoms with Gasteiger partial charge < -0.3 is 19.9 Å². The van der Waals surface area contributed by atoms with Crippen LogP contribution in [-0.2, 0) is 38.8 Å². The van der Waals surface area contributed by atoms with Gasteiger partial charge in [0.25, 0.3) is 0 Å². The molecule has 0 atom stereocenters. The van der Waals surface area contributed by atoms with E-state index >= 15 is 0 Å². The minimum Gasteiger partial charge on any atom is -0.313 e. The maximum atomic E-state index is 14.4. The summed E-state index contributed by atoms with van der Waals surface area (Å²) < 4.78 is 106. The number of nitrogens with zero attached hydrogens (tertiary/aromatic N) is 4. The van der Waals surface area contributed by atoms with Crippen molar-refractivity contribution in [3.63, 3.8) is 0 Å². The third kappa shape index (κ3) is 5.90. The summed E-state index contributed by atoms with van der Waals surface area (Å²) in [7, 11) is 0. The van der Waals surface area contributed by atoms with Gasteiger partial charge in [0.2, 0.25) is 0 Å². The molecule has 4 rings (SSSR count). The van der Waals surface area contributed by atoms with Gasteiger partial charge in [0.05, 0.1) is 11.4 Å². The topological polar surface area (TPSA) is 51.6 Å². The van der Waals surface area contributed by atoms with E-state index < -0.39 is 41.1 Å². The average molecular weight is 717 g/mol. The van der Waals surface area contributed by atoms with E-state index in [9.17, 15) is 35.1 Å². The Kier molecular flexibility index (Phi) is 8.07. The first-order chi connectivity index (χ1) is 17.2. The van der Waals surface area contributed by atoms with Gasteiger partial charge in [0.15, 0.2) is 0 Å². The van der Waals surface area contributed by atoms with Crippen molar-refractivity contribution in [2.24, 2.45) is 0 Å². The van der Waals surface area contributed by atoms with E-state index in [1.54, 1.807) is 26.0 Å². The molecule has 0 saturated heterocycles. The Morgan fingerprint density at radius 2 is 0.947 bits per heavy atom. The van der Waals surface area contributed by atoms with Crippen molar-refractivity contribution < 1.29 is 56.2 Å². The summed E-state index contributed by atoms with van der Waals surface area (Å²) in [6, 6.07) is 14.4. The fraction of sp³-hybridized carbons (Fsp3) is 0.200. The second-order valence-electron chi connectivity index (χ2n) is 8.34. The monoisotopic (exact) mass is 717 g/mol. The zero-order valence-corrected chi connectivity index (χ0v) is 21.5. The molecule has 0 fully saturated rings. The van der Waals surface area contributed by atoms with Gasteiger partial charge in [-0.1, -0.05) is 35.4 Å². The summed E-state index contributed by atoms with van der Waals surface area (Å²) in [4.78, 5) is 14.6. The van der Waals surface area contributed by atoms with Crippen LogP contribution in [0.3, 0.4) is 0 Å². The van der Waals surface area contributed by atoms with Crippen LogP contribution >= 0.6 is 0 Å². The average Bonchev–Trinajstić information content (AvgIpc) is 2.83. The second kappa shape index (κ2) is 10.5. The van der Waals surface area contributed by atoms with E-state index in [1.165, 1.54) is 24.3 Å². The van der Waals surface area contributed by atoms with Gasteiger partial charge in [0, 0.05) is 16.8 Å². The summed E-state index contributed by atoms with van der Waals surface area (Å²) in [5.41, 5.74) is -4.08. The van der Waals surface area contributed by atoms with E-state index in [0.717, 1.165) is 0 Å². The van der Waals surface area contributed by atoms with E-state index in [-0.39, 0.29) is 43.6 Å². The minimum atomic E-state index is -4.84. The predicted molar refractivity (Wildman–Crippen MR) is 115 cm³/mol. The van der Waals surface area contributed by atoms with Crippen LogP contribution in [-0.4, -0.2) is 19.9 Å². The molecule has 0 saturated carbocycles. The molecule has 0 aliphatic carbocycles. The van der Waals surface area contributed by atoms with Gasteiger partial charge in [-0.2, -0.15) is 26.3 Å². The summed E-state index contributed by atoms with van der Waals surface area (Å²) >= 11 is 0. The molecule has 38 heavy (non-hydrogen) atoms. The largest absolute Gasteiger partial charge is 2.00 e. The minimum absolute atomic E-state index is 0. The number of hydrogen-bond acceptors (Lipinski definition) is 4. The Morgan fingerprint density at radius 3 is 1.26 bits per heavy atom. The third-order valence-electron chi connectivity index (χ3n) is 5.43. The molecular formula is C25H14F8N4Pt. The van der Waals surface area contributed by atoms with Crippen LogP contribution in [0, 0.1) is 24.0 Å². The van der Waals surface area contributed by atoms with Gasteiger partial charge in [-0.05, 0) is 37.4 Å². The fourth-order valence-corrected chi connectivity index (χ4v) is 3.41. The summed E-state index contributed by atoms with van der Waals surface area (Å²) in [6.45, 7) is 3.36. The molecule has 200 valence electrons. The molecular weight excluding hydrogens is 703 g/mol. The first-order valence-corrected chi connectivity index (χ1v) is 10.4. The quantitative estimate of drug-likeness (QED) is 0.132. The maximum absolute atomic E-state index is 14.4. The van der Waals surface area contributed by atoms with Crippen LogP contribution in [0.15, 0.2) is 48.5 Å². The molecule has 0 N–H and O–H groups in total.